The molecule has 0 radical (unpaired) electrons. The lowest BCUT2D eigenvalue weighted by atomic mass is 9.98. The summed E-state index contributed by atoms with van der Waals surface area (Å²) in [6, 6.07) is 9.74. The predicted molar refractivity (Wildman–Crippen MR) is 135 cm³/mol. The largest absolute Gasteiger partial charge is 0.352 e. The minimum atomic E-state index is -0.987. The number of hydrogen-bond acceptors (Lipinski definition) is 6. The fraction of sp³-hybridized carbons (Fsp3) is 0.320. The molecule has 2 atom stereocenters. The maximum Gasteiger partial charge on any atom is 0.252 e. The zero-order valence-corrected chi connectivity index (χ0v) is 19.8. The number of piperidine rings is 1. The zero-order valence-electron chi connectivity index (χ0n) is 19.0. The van der Waals surface area contributed by atoms with Crippen molar-refractivity contribution in [3.8, 4) is 0 Å². The van der Waals surface area contributed by atoms with Crippen LogP contribution >= 0.6 is 11.3 Å². The van der Waals surface area contributed by atoms with Gasteiger partial charge in [-0.25, -0.2) is 14.4 Å². The van der Waals surface area contributed by atoms with Crippen molar-refractivity contribution in [2.24, 2.45) is 0 Å². The molecule has 1 fully saturated rings. The molecular formula is C25H25FN6OS. The van der Waals surface area contributed by atoms with E-state index in [-0.39, 0.29) is 18.5 Å². The number of carbonyl (C=O) groups excluding carboxylic acids is 1. The van der Waals surface area contributed by atoms with Crippen LogP contribution in [0.5, 0.6) is 0 Å². The van der Waals surface area contributed by atoms with E-state index in [2.05, 4.69) is 10.3 Å². The van der Waals surface area contributed by atoms with Gasteiger partial charge in [0, 0.05) is 47.2 Å². The van der Waals surface area contributed by atoms with Crippen molar-refractivity contribution in [3.05, 3.63) is 53.2 Å². The molecule has 174 valence electrons. The summed E-state index contributed by atoms with van der Waals surface area (Å²) in [5.74, 6) is 0.400. The van der Waals surface area contributed by atoms with Gasteiger partial charge in [-0.05, 0) is 38.0 Å². The van der Waals surface area contributed by atoms with Crippen LogP contribution in [0.1, 0.15) is 17.7 Å². The van der Waals surface area contributed by atoms with Gasteiger partial charge < -0.3 is 20.1 Å². The van der Waals surface area contributed by atoms with E-state index in [1.165, 1.54) is 0 Å². The molecule has 4 aromatic rings. The highest BCUT2D eigenvalue weighted by atomic mass is 32.1. The summed E-state index contributed by atoms with van der Waals surface area (Å²) in [5, 5.41) is 6.91. The van der Waals surface area contributed by atoms with Crippen LogP contribution in [0.2, 0.25) is 0 Å². The molecule has 1 aromatic carbocycles. The standard InChI is InChI=1S/C25H25FN6OS/c1-31(2)20-7-9-32(13-18(20)26)25-29-19-6-4-3-5-15(19)22(30-25)17-12-27-23(33)21(17)16-11-28-24-14(16)8-10-34-24/h3-6,8,10-11,18,20,28H,7,9,12-13H2,1-2H3,(H,27,33)/t18-,20+/m1/s1. The van der Waals surface area contributed by atoms with E-state index in [0.29, 0.717) is 31.0 Å². The van der Waals surface area contributed by atoms with E-state index in [4.69, 9.17) is 9.97 Å². The Kier molecular flexibility index (Phi) is 5.11. The number of H-pyrrole nitrogens is 1. The molecule has 1 saturated heterocycles. The third kappa shape index (κ3) is 3.38. The number of nitrogens with one attached hydrogen (secondary N) is 2. The number of benzene rings is 1. The number of anilines is 1. The minimum Gasteiger partial charge on any atom is -0.352 e. The molecule has 0 aliphatic carbocycles. The second-order valence-electron chi connectivity index (χ2n) is 9.07. The number of amides is 1. The van der Waals surface area contributed by atoms with E-state index in [0.717, 1.165) is 38.0 Å². The number of nitrogens with zero attached hydrogens (tertiary/aromatic N) is 4. The normalized spacial score (nSPS) is 21.3. The van der Waals surface area contributed by atoms with Crippen LogP contribution in [-0.4, -0.2) is 71.7 Å². The number of rotatable bonds is 4. The molecule has 2 aliphatic heterocycles. The van der Waals surface area contributed by atoms with Crippen molar-refractivity contribution in [1.82, 2.24) is 25.2 Å². The summed E-state index contributed by atoms with van der Waals surface area (Å²) in [6.45, 7) is 1.31. The van der Waals surface area contributed by atoms with Crippen LogP contribution < -0.4 is 10.2 Å². The summed E-state index contributed by atoms with van der Waals surface area (Å²) < 4.78 is 15.0. The van der Waals surface area contributed by atoms with E-state index in [1.54, 1.807) is 11.3 Å². The molecular weight excluding hydrogens is 451 g/mol. The van der Waals surface area contributed by atoms with Gasteiger partial charge in [0.1, 0.15) is 11.0 Å². The lowest BCUT2D eigenvalue weighted by Gasteiger charge is -2.37. The maximum absolute atomic E-state index is 15.0. The Morgan fingerprint density at radius 1 is 1.18 bits per heavy atom. The Labute approximate surface area is 200 Å². The van der Waals surface area contributed by atoms with Crippen molar-refractivity contribution >= 4 is 55.5 Å². The van der Waals surface area contributed by atoms with Crippen molar-refractivity contribution in [1.29, 1.82) is 0 Å². The Hall–Kier alpha value is -3.30. The molecule has 0 bridgehead atoms. The monoisotopic (exact) mass is 476 g/mol. The summed E-state index contributed by atoms with van der Waals surface area (Å²) in [4.78, 5) is 30.9. The summed E-state index contributed by atoms with van der Waals surface area (Å²) in [6.07, 6.45) is 1.61. The van der Waals surface area contributed by atoms with Crippen molar-refractivity contribution < 1.29 is 9.18 Å². The van der Waals surface area contributed by atoms with Gasteiger partial charge in [-0.3, -0.25) is 4.79 Å². The van der Waals surface area contributed by atoms with Gasteiger partial charge >= 0.3 is 0 Å². The third-order valence-corrected chi connectivity index (χ3v) is 7.70. The number of para-hydroxylation sites is 1. The van der Waals surface area contributed by atoms with Gasteiger partial charge in [0.2, 0.25) is 5.95 Å². The van der Waals surface area contributed by atoms with E-state index >= 15 is 0 Å². The Morgan fingerprint density at radius 2 is 2.03 bits per heavy atom. The highest BCUT2D eigenvalue weighted by Gasteiger charge is 2.33. The van der Waals surface area contributed by atoms with Crippen LogP contribution in [-0.2, 0) is 4.79 Å². The molecule has 6 rings (SSSR count). The van der Waals surface area contributed by atoms with Crippen molar-refractivity contribution in [3.63, 3.8) is 0 Å². The predicted octanol–water partition coefficient (Wildman–Crippen LogP) is 3.69. The van der Waals surface area contributed by atoms with Gasteiger partial charge in [-0.2, -0.15) is 0 Å². The van der Waals surface area contributed by atoms with E-state index < -0.39 is 6.17 Å². The SMILES string of the molecule is CN(C)[C@H]1CCN(c2nc(C3=C(c4c[nH]c5sccc45)C(=O)NC3)c3ccccc3n2)C[C@H]1F. The highest BCUT2D eigenvalue weighted by molar-refractivity contribution is 7.16. The van der Waals surface area contributed by atoms with Crippen molar-refractivity contribution in [2.75, 3.05) is 38.6 Å². The molecule has 2 aliphatic rings. The van der Waals surface area contributed by atoms with Gasteiger partial charge in [-0.15, -0.1) is 11.3 Å². The maximum atomic E-state index is 15.0. The van der Waals surface area contributed by atoms with Gasteiger partial charge in [-0.1, -0.05) is 18.2 Å². The van der Waals surface area contributed by atoms with E-state index in [9.17, 15) is 9.18 Å². The molecule has 7 nitrogen and oxygen atoms in total. The fourth-order valence-corrected chi connectivity index (χ4v) is 5.89. The average Bonchev–Trinajstić information content (AvgIpc) is 3.54. The number of halogens is 1. The first-order chi connectivity index (χ1) is 16.5. The fourth-order valence-electron chi connectivity index (χ4n) is 5.12. The Balaban J connectivity index is 1.50. The Morgan fingerprint density at radius 3 is 2.85 bits per heavy atom. The number of aromatic nitrogens is 3. The minimum absolute atomic E-state index is 0.108. The molecule has 0 spiro atoms. The number of aromatic amines is 1. The molecule has 1 amide bonds. The number of hydrogen-bond donors (Lipinski definition) is 2. The first kappa shape index (κ1) is 21.2. The van der Waals surface area contributed by atoms with Crippen molar-refractivity contribution in [2.45, 2.75) is 18.6 Å². The van der Waals surface area contributed by atoms with Crippen LogP contribution in [0.25, 0.3) is 32.3 Å². The zero-order chi connectivity index (χ0) is 23.4. The molecule has 5 heterocycles. The highest BCUT2D eigenvalue weighted by Crippen LogP contribution is 2.37. The van der Waals surface area contributed by atoms with Gasteiger partial charge in [0.05, 0.1) is 23.3 Å². The number of fused-ring (bicyclic) bond motifs is 2. The summed E-state index contributed by atoms with van der Waals surface area (Å²) in [5.41, 5.74) is 3.87. The number of alkyl halides is 1. The Bertz CT molecular complexity index is 1440. The first-order valence-electron chi connectivity index (χ1n) is 11.4. The second kappa shape index (κ2) is 8.18. The van der Waals surface area contributed by atoms with Crippen LogP contribution in [0.15, 0.2) is 41.9 Å². The third-order valence-electron chi connectivity index (χ3n) is 6.86. The average molecular weight is 477 g/mol. The molecule has 0 saturated carbocycles. The quantitative estimate of drug-likeness (QED) is 0.470. The van der Waals surface area contributed by atoms with Crippen LogP contribution in [0.3, 0.4) is 0 Å². The first-order valence-corrected chi connectivity index (χ1v) is 12.3. The van der Waals surface area contributed by atoms with Gasteiger partial charge in [0.25, 0.3) is 5.91 Å². The lowest BCUT2D eigenvalue weighted by Crippen LogP contribution is -2.50. The molecule has 9 heteroatoms. The topological polar surface area (TPSA) is 77.1 Å². The smallest absolute Gasteiger partial charge is 0.252 e. The second-order valence-corrected chi connectivity index (χ2v) is 9.99. The molecule has 0 unspecified atom stereocenters. The summed E-state index contributed by atoms with van der Waals surface area (Å²) in [7, 11) is 3.84. The molecule has 2 N–H and O–H groups in total. The molecule has 3 aromatic heterocycles. The number of carbonyl (C=O) groups is 1. The number of thiophene rings is 1. The van der Waals surface area contributed by atoms with E-state index in [1.807, 2.05) is 65.8 Å². The van der Waals surface area contributed by atoms with Crippen LogP contribution in [0, 0.1) is 0 Å². The molecule has 34 heavy (non-hydrogen) atoms. The summed E-state index contributed by atoms with van der Waals surface area (Å²) >= 11 is 1.61. The van der Waals surface area contributed by atoms with Gasteiger partial charge in [0.15, 0.2) is 0 Å². The van der Waals surface area contributed by atoms with Crippen LogP contribution in [0.4, 0.5) is 10.3 Å². The lowest BCUT2D eigenvalue weighted by molar-refractivity contribution is -0.114.